The molecule has 0 saturated carbocycles. The number of thioether (sulfide) groups is 1. The van der Waals surface area contributed by atoms with E-state index in [-0.39, 0.29) is 18.9 Å². The van der Waals surface area contributed by atoms with Crippen molar-refractivity contribution in [3.63, 3.8) is 0 Å². The van der Waals surface area contributed by atoms with Crippen molar-refractivity contribution < 1.29 is 19.4 Å². The van der Waals surface area contributed by atoms with Gasteiger partial charge < -0.3 is 14.7 Å². The van der Waals surface area contributed by atoms with Crippen LogP contribution in [-0.4, -0.2) is 46.2 Å². The second-order valence-corrected chi connectivity index (χ2v) is 6.19. The van der Waals surface area contributed by atoms with Crippen molar-refractivity contribution in [3.8, 4) is 5.75 Å². The number of ether oxygens (including phenoxy) is 1. The molecular formula is C13H14BrNO4S. The van der Waals surface area contributed by atoms with Gasteiger partial charge >= 0.3 is 5.97 Å². The number of hydrogen-bond donors (Lipinski definition) is 1. The Morgan fingerprint density at radius 2 is 2.30 bits per heavy atom. The molecule has 1 aliphatic rings. The summed E-state index contributed by atoms with van der Waals surface area (Å²) < 4.78 is 6.39. The van der Waals surface area contributed by atoms with Crippen LogP contribution in [0.3, 0.4) is 0 Å². The highest BCUT2D eigenvalue weighted by molar-refractivity contribution is 9.10. The maximum absolute atomic E-state index is 12.0. The molecule has 1 atom stereocenters. The molecule has 0 aliphatic carbocycles. The lowest BCUT2D eigenvalue weighted by molar-refractivity contribution is -0.147. The van der Waals surface area contributed by atoms with Gasteiger partial charge in [-0.25, -0.2) is 4.79 Å². The fraction of sp³-hybridized carbons (Fsp3) is 0.385. The molecule has 1 fully saturated rings. The molecule has 1 saturated heterocycles. The van der Waals surface area contributed by atoms with Crippen LogP contribution in [0.2, 0.25) is 0 Å². The first-order valence-corrected chi connectivity index (χ1v) is 8.01. The Balaban J connectivity index is 1.82. The standard InChI is InChI=1S/C13H14BrNO4S/c14-9-2-1-3-10(6-9)19-5-4-12(16)15-8-20-7-11(15)13(17)18/h1-3,6,11H,4-5,7-8H2,(H,17,18)/t11-/m0/s1. The van der Waals surface area contributed by atoms with Crippen molar-refractivity contribution in [3.05, 3.63) is 28.7 Å². The van der Waals surface area contributed by atoms with Gasteiger partial charge in [0.05, 0.1) is 18.9 Å². The fourth-order valence-corrected chi connectivity index (χ4v) is 3.40. The van der Waals surface area contributed by atoms with E-state index in [1.165, 1.54) is 16.7 Å². The first kappa shape index (κ1) is 15.2. The molecule has 0 radical (unpaired) electrons. The molecule has 1 amide bonds. The quantitative estimate of drug-likeness (QED) is 0.872. The number of benzene rings is 1. The lowest BCUT2D eigenvalue weighted by Crippen LogP contribution is -2.42. The molecule has 108 valence electrons. The molecule has 1 aromatic rings. The van der Waals surface area contributed by atoms with Gasteiger partial charge in [0.15, 0.2) is 0 Å². The molecule has 20 heavy (non-hydrogen) atoms. The molecule has 1 aromatic carbocycles. The van der Waals surface area contributed by atoms with Crippen LogP contribution in [0, 0.1) is 0 Å². The van der Waals surface area contributed by atoms with Crippen molar-refractivity contribution in [2.24, 2.45) is 0 Å². The summed E-state index contributed by atoms with van der Waals surface area (Å²) in [5.41, 5.74) is 0. The van der Waals surface area contributed by atoms with Crippen molar-refractivity contribution in [2.75, 3.05) is 18.2 Å². The van der Waals surface area contributed by atoms with Gasteiger partial charge in [-0.05, 0) is 18.2 Å². The van der Waals surface area contributed by atoms with Crippen LogP contribution in [0.4, 0.5) is 0 Å². The summed E-state index contributed by atoms with van der Waals surface area (Å²) in [7, 11) is 0. The third-order valence-electron chi connectivity index (χ3n) is 2.87. The molecular weight excluding hydrogens is 346 g/mol. The highest BCUT2D eigenvalue weighted by Gasteiger charge is 2.34. The predicted octanol–water partition coefficient (Wildman–Crippen LogP) is 2.20. The summed E-state index contributed by atoms with van der Waals surface area (Å²) in [5, 5.41) is 9.02. The molecule has 0 bridgehead atoms. The average Bonchev–Trinajstić information content (AvgIpc) is 2.88. The molecule has 2 rings (SSSR count). The van der Waals surface area contributed by atoms with Gasteiger partial charge in [-0.15, -0.1) is 11.8 Å². The molecule has 1 N–H and O–H groups in total. The van der Waals surface area contributed by atoms with E-state index in [2.05, 4.69) is 15.9 Å². The topological polar surface area (TPSA) is 66.8 Å². The van der Waals surface area contributed by atoms with Gasteiger partial charge in [-0.3, -0.25) is 4.79 Å². The summed E-state index contributed by atoms with van der Waals surface area (Å²) in [5.74, 6) is 0.437. The Morgan fingerprint density at radius 1 is 1.50 bits per heavy atom. The third-order valence-corrected chi connectivity index (χ3v) is 4.37. The Bertz CT molecular complexity index is 511. The number of halogens is 1. The number of carbonyl (C=O) groups excluding carboxylic acids is 1. The monoisotopic (exact) mass is 359 g/mol. The summed E-state index contributed by atoms with van der Waals surface area (Å²) in [6.07, 6.45) is 0.177. The maximum atomic E-state index is 12.0. The van der Waals surface area contributed by atoms with Crippen LogP contribution in [0.25, 0.3) is 0 Å². The van der Waals surface area contributed by atoms with Gasteiger partial charge in [-0.1, -0.05) is 22.0 Å². The second-order valence-electron chi connectivity index (χ2n) is 4.27. The number of nitrogens with zero attached hydrogens (tertiary/aromatic N) is 1. The summed E-state index contributed by atoms with van der Waals surface area (Å²) in [6, 6.07) is 6.64. The van der Waals surface area contributed by atoms with Crippen LogP contribution in [0.15, 0.2) is 28.7 Å². The third kappa shape index (κ3) is 3.89. The second kappa shape index (κ2) is 6.99. The van der Waals surface area contributed by atoms with E-state index in [4.69, 9.17) is 9.84 Å². The number of aliphatic carboxylic acids is 1. The molecule has 0 aromatic heterocycles. The van der Waals surface area contributed by atoms with E-state index in [0.29, 0.717) is 17.4 Å². The number of hydrogen-bond acceptors (Lipinski definition) is 4. The number of carboxylic acid groups (broad SMARTS) is 1. The van der Waals surface area contributed by atoms with Crippen molar-refractivity contribution in [1.29, 1.82) is 0 Å². The molecule has 5 nitrogen and oxygen atoms in total. The minimum atomic E-state index is -0.948. The van der Waals surface area contributed by atoms with Crippen LogP contribution < -0.4 is 4.74 Å². The Hall–Kier alpha value is -1.21. The number of amides is 1. The minimum Gasteiger partial charge on any atom is -0.493 e. The smallest absolute Gasteiger partial charge is 0.327 e. The molecule has 1 aliphatic heterocycles. The van der Waals surface area contributed by atoms with Gasteiger partial charge in [0.2, 0.25) is 5.91 Å². The minimum absolute atomic E-state index is 0.177. The van der Waals surface area contributed by atoms with E-state index in [0.717, 1.165) is 4.47 Å². The molecule has 7 heteroatoms. The van der Waals surface area contributed by atoms with Gasteiger partial charge in [-0.2, -0.15) is 0 Å². The molecule has 0 spiro atoms. The Labute approximate surface area is 129 Å². The highest BCUT2D eigenvalue weighted by atomic mass is 79.9. The van der Waals surface area contributed by atoms with Crippen molar-refractivity contribution in [2.45, 2.75) is 12.5 Å². The van der Waals surface area contributed by atoms with Crippen LogP contribution in [-0.2, 0) is 9.59 Å². The highest BCUT2D eigenvalue weighted by Crippen LogP contribution is 2.22. The van der Waals surface area contributed by atoms with Gasteiger partial charge in [0, 0.05) is 10.2 Å². The fourth-order valence-electron chi connectivity index (χ4n) is 1.85. The van der Waals surface area contributed by atoms with Crippen LogP contribution in [0.5, 0.6) is 5.75 Å². The van der Waals surface area contributed by atoms with Gasteiger partial charge in [0.25, 0.3) is 0 Å². The maximum Gasteiger partial charge on any atom is 0.327 e. The lowest BCUT2D eigenvalue weighted by atomic mass is 10.2. The zero-order valence-electron chi connectivity index (χ0n) is 10.6. The van der Waals surface area contributed by atoms with E-state index in [1.807, 2.05) is 18.2 Å². The van der Waals surface area contributed by atoms with Gasteiger partial charge in [0.1, 0.15) is 11.8 Å². The first-order valence-electron chi connectivity index (χ1n) is 6.06. The van der Waals surface area contributed by atoms with E-state index >= 15 is 0 Å². The Morgan fingerprint density at radius 3 is 3.00 bits per heavy atom. The zero-order valence-corrected chi connectivity index (χ0v) is 13.0. The molecule has 0 unspecified atom stereocenters. The average molecular weight is 360 g/mol. The number of carbonyl (C=O) groups is 2. The van der Waals surface area contributed by atoms with Crippen LogP contribution in [0.1, 0.15) is 6.42 Å². The van der Waals surface area contributed by atoms with Crippen molar-refractivity contribution >= 4 is 39.6 Å². The predicted molar refractivity (Wildman–Crippen MR) is 79.8 cm³/mol. The largest absolute Gasteiger partial charge is 0.493 e. The zero-order chi connectivity index (χ0) is 14.5. The van der Waals surface area contributed by atoms with E-state index in [1.54, 1.807) is 6.07 Å². The van der Waals surface area contributed by atoms with E-state index < -0.39 is 12.0 Å². The lowest BCUT2D eigenvalue weighted by Gasteiger charge is -2.20. The first-order chi connectivity index (χ1) is 9.58. The normalized spacial score (nSPS) is 18.1. The summed E-state index contributed by atoms with van der Waals surface area (Å²) in [6.45, 7) is 0.239. The van der Waals surface area contributed by atoms with E-state index in [9.17, 15) is 9.59 Å². The SMILES string of the molecule is O=C(O)[C@@H]1CSCN1C(=O)CCOc1cccc(Br)c1. The van der Waals surface area contributed by atoms with Crippen molar-refractivity contribution in [1.82, 2.24) is 4.90 Å². The summed E-state index contributed by atoms with van der Waals surface area (Å²) in [4.78, 5) is 24.4. The number of carboxylic acids is 1. The van der Waals surface area contributed by atoms with Crippen LogP contribution >= 0.6 is 27.7 Å². The Kier molecular flexibility index (Phi) is 5.31. The summed E-state index contributed by atoms with van der Waals surface area (Å²) >= 11 is 4.79. The number of rotatable bonds is 5. The molecule has 1 heterocycles.